The Morgan fingerprint density at radius 3 is 2.67 bits per heavy atom. The van der Waals surface area contributed by atoms with Gasteiger partial charge in [0.2, 0.25) is 0 Å². The van der Waals surface area contributed by atoms with Crippen molar-refractivity contribution >= 4 is 17.3 Å². The highest BCUT2D eigenvalue weighted by atomic mass is 35.5. The van der Waals surface area contributed by atoms with E-state index in [1.807, 2.05) is 13.8 Å². The zero-order chi connectivity index (χ0) is 15.4. The second kappa shape index (κ2) is 7.27. The molecule has 1 aromatic rings. The van der Waals surface area contributed by atoms with E-state index < -0.39 is 0 Å². The minimum absolute atomic E-state index is 0.0213. The fraction of sp³-hybridized carbons (Fsp3) is 0.733. The van der Waals surface area contributed by atoms with Crippen LogP contribution in [0.5, 0.6) is 0 Å². The normalized spacial score (nSPS) is 16.7. The van der Waals surface area contributed by atoms with Crippen LogP contribution in [0.25, 0.3) is 0 Å². The highest BCUT2D eigenvalue weighted by molar-refractivity contribution is 6.33. The predicted octanol–water partition coefficient (Wildman–Crippen LogP) is 2.45. The summed E-state index contributed by atoms with van der Waals surface area (Å²) >= 11 is 6.27. The summed E-state index contributed by atoms with van der Waals surface area (Å²) in [6.45, 7) is 8.92. The summed E-state index contributed by atoms with van der Waals surface area (Å²) in [4.78, 5) is 14.4. The highest BCUT2D eigenvalue weighted by Crippen LogP contribution is 2.25. The van der Waals surface area contributed by atoms with Gasteiger partial charge in [-0.15, -0.1) is 0 Å². The first-order valence-corrected chi connectivity index (χ1v) is 8.18. The number of nitrogens with zero attached hydrogens (tertiary/aromatic N) is 3. The maximum Gasteiger partial charge on any atom is 0.287 e. The molecule has 5 nitrogen and oxygen atoms in total. The van der Waals surface area contributed by atoms with E-state index in [4.69, 9.17) is 11.6 Å². The van der Waals surface area contributed by atoms with Crippen LogP contribution in [0.4, 0.5) is 5.69 Å². The smallest absolute Gasteiger partial charge is 0.287 e. The van der Waals surface area contributed by atoms with Gasteiger partial charge in [-0.05, 0) is 39.7 Å². The lowest BCUT2D eigenvalue weighted by Gasteiger charge is -2.34. The molecule has 1 fully saturated rings. The molecule has 0 aliphatic carbocycles. The van der Waals surface area contributed by atoms with Crippen LogP contribution < -0.4 is 15.8 Å². The number of hydrogen-bond donors (Lipinski definition) is 1. The van der Waals surface area contributed by atoms with Crippen LogP contribution in [0.1, 0.15) is 46.1 Å². The maximum atomic E-state index is 12.2. The van der Waals surface area contributed by atoms with Gasteiger partial charge in [0.1, 0.15) is 5.02 Å². The van der Waals surface area contributed by atoms with E-state index in [0.717, 1.165) is 44.6 Å². The first kappa shape index (κ1) is 16.3. The van der Waals surface area contributed by atoms with E-state index in [1.54, 1.807) is 6.20 Å². The van der Waals surface area contributed by atoms with E-state index in [2.05, 4.69) is 22.2 Å². The summed E-state index contributed by atoms with van der Waals surface area (Å²) in [5, 5.41) is 8.09. The summed E-state index contributed by atoms with van der Waals surface area (Å²) in [6, 6.07) is 0.594. The van der Waals surface area contributed by atoms with Gasteiger partial charge in [-0.25, -0.2) is 4.68 Å². The van der Waals surface area contributed by atoms with Crippen LogP contribution in [-0.2, 0) is 0 Å². The van der Waals surface area contributed by atoms with Crippen molar-refractivity contribution in [1.29, 1.82) is 0 Å². The molecule has 0 bridgehead atoms. The molecule has 0 aromatic carbocycles. The fourth-order valence-electron chi connectivity index (χ4n) is 2.70. The zero-order valence-electron chi connectivity index (χ0n) is 13.1. The van der Waals surface area contributed by atoms with E-state index in [9.17, 15) is 4.79 Å². The van der Waals surface area contributed by atoms with Crippen LogP contribution >= 0.6 is 11.6 Å². The number of nitrogens with one attached hydrogen (secondary N) is 1. The minimum Gasteiger partial charge on any atom is -0.369 e. The monoisotopic (exact) mass is 312 g/mol. The molecule has 2 rings (SSSR count). The van der Waals surface area contributed by atoms with E-state index >= 15 is 0 Å². The second-order valence-electron chi connectivity index (χ2n) is 5.90. The molecule has 0 unspecified atom stereocenters. The standard InChI is InChI=1S/C15H25ClN4O/c1-4-7-17-12-5-8-19(9-6-12)13-10-18-20(11(2)3)15(21)14(13)16/h10-12,17H,4-9H2,1-3H3. The molecule has 21 heavy (non-hydrogen) atoms. The van der Waals surface area contributed by atoms with Gasteiger partial charge >= 0.3 is 0 Å². The Balaban J connectivity index is 2.07. The Morgan fingerprint density at radius 1 is 1.43 bits per heavy atom. The Labute approximate surface area is 131 Å². The molecule has 0 spiro atoms. The van der Waals surface area contributed by atoms with Crippen LogP contribution in [0.3, 0.4) is 0 Å². The molecule has 0 amide bonds. The predicted molar refractivity (Wildman–Crippen MR) is 87.4 cm³/mol. The molecule has 1 N–H and O–H groups in total. The third kappa shape index (κ3) is 3.77. The largest absolute Gasteiger partial charge is 0.369 e. The molecule has 1 aliphatic heterocycles. The highest BCUT2D eigenvalue weighted by Gasteiger charge is 2.22. The van der Waals surface area contributed by atoms with E-state index in [1.165, 1.54) is 4.68 Å². The first-order chi connectivity index (χ1) is 10.0. The summed E-state index contributed by atoms with van der Waals surface area (Å²) in [6.07, 6.45) is 5.03. The third-order valence-corrected chi connectivity index (χ3v) is 4.29. The number of halogens is 1. The molecular formula is C15H25ClN4O. The van der Waals surface area contributed by atoms with Crippen molar-refractivity contribution in [3.8, 4) is 0 Å². The lowest BCUT2D eigenvalue weighted by atomic mass is 10.0. The van der Waals surface area contributed by atoms with E-state index in [-0.39, 0.29) is 11.6 Å². The molecule has 2 heterocycles. The Kier molecular flexibility index (Phi) is 5.65. The average molecular weight is 313 g/mol. The molecule has 0 saturated carbocycles. The Hall–Kier alpha value is -1.07. The molecule has 6 heteroatoms. The summed E-state index contributed by atoms with van der Waals surface area (Å²) < 4.78 is 1.43. The van der Waals surface area contributed by atoms with Crippen molar-refractivity contribution < 1.29 is 0 Å². The number of rotatable bonds is 5. The molecular weight excluding hydrogens is 288 g/mol. The number of hydrogen-bond acceptors (Lipinski definition) is 4. The summed E-state index contributed by atoms with van der Waals surface area (Å²) in [5.41, 5.74) is 0.572. The summed E-state index contributed by atoms with van der Waals surface area (Å²) in [5.74, 6) is 0. The van der Waals surface area contributed by atoms with Crippen LogP contribution in [0, 0.1) is 0 Å². The molecule has 0 radical (unpaired) electrons. The van der Waals surface area contributed by atoms with Crippen molar-refractivity contribution in [2.45, 2.75) is 52.1 Å². The fourth-order valence-corrected chi connectivity index (χ4v) is 2.95. The van der Waals surface area contributed by atoms with Crippen molar-refractivity contribution in [1.82, 2.24) is 15.1 Å². The maximum absolute atomic E-state index is 12.2. The lowest BCUT2D eigenvalue weighted by molar-refractivity contribution is 0.415. The van der Waals surface area contributed by atoms with Crippen LogP contribution in [0.2, 0.25) is 5.02 Å². The number of piperidine rings is 1. The van der Waals surface area contributed by atoms with Crippen molar-refractivity contribution in [2.24, 2.45) is 0 Å². The van der Waals surface area contributed by atoms with Gasteiger partial charge < -0.3 is 10.2 Å². The van der Waals surface area contributed by atoms with Gasteiger partial charge in [-0.1, -0.05) is 18.5 Å². The van der Waals surface area contributed by atoms with Crippen LogP contribution in [0.15, 0.2) is 11.0 Å². The van der Waals surface area contributed by atoms with Crippen LogP contribution in [-0.4, -0.2) is 35.5 Å². The second-order valence-corrected chi connectivity index (χ2v) is 6.28. The van der Waals surface area contributed by atoms with Crippen molar-refractivity contribution in [3.63, 3.8) is 0 Å². The van der Waals surface area contributed by atoms with Crippen molar-refractivity contribution in [3.05, 3.63) is 21.6 Å². The quantitative estimate of drug-likeness (QED) is 0.907. The van der Waals surface area contributed by atoms with Gasteiger partial charge in [0.15, 0.2) is 0 Å². The number of anilines is 1. The van der Waals surface area contributed by atoms with Gasteiger partial charge in [0.25, 0.3) is 5.56 Å². The molecule has 0 atom stereocenters. The SMILES string of the molecule is CCCNC1CCN(c2cnn(C(C)C)c(=O)c2Cl)CC1. The van der Waals surface area contributed by atoms with Gasteiger partial charge in [0, 0.05) is 19.1 Å². The first-order valence-electron chi connectivity index (χ1n) is 7.80. The Morgan fingerprint density at radius 2 is 2.10 bits per heavy atom. The molecule has 1 saturated heterocycles. The lowest BCUT2D eigenvalue weighted by Crippen LogP contribution is -2.43. The molecule has 1 aromatic heterocycles. The van der Waals surface area contributed by atoms with Gasteiger partial charge in [0.05, 0.1) is 17.9 Å². The summed E-state index contributed by atoms with van der Waals surface area (Å²) in [7, 11) is 0. The number of aromatic nitrogens is 2. The zero-order valence-corrected chi connectivity index (χ0v) is 13.9. The minimum atomic E-state index is -0.199. The Bertz CT molecular complexity index is 521. The average Bonchev–Trinajstić information content (AvgIpc) is 2.48. The topological polar surface area (TPSA) is 50.2 Å². The third-order valence-electron chi connectivity index (χ3n) is 3.93. The van der Waals surface area contributed by atoms with Gasteiger partial charge in [-0.2, -0.15) is 5.10 Å². The molecule has 118 valence electrons. The van der Waals surface area contributed by atoms with Crippen molar-refractivity contribution in [2.75, 3.05) is 24.5 Å². The van der Waals surface area contributed by atoms with Gasteiger partial charge in [-0.3, -0.25) is 4.79 Å². The molecule has 1 aliphatic rings. The van der Waals surface area contributed by atoms with E-state index in [0.29, 0.717) is 11.1 Å².